The first kappa shape index (κ1) is 25.6. The standard InChI is InChI=1S/C22H29FN2O6S2/c1-15-12-25(16(2)14-26)33(29,30)22-9-8-18(17-6-5-7-19(23)10-17)11-20(22)31-21(15)13-24(3)32(4,27)28/h5-11,15-16,21,26H,12-14H2,1-4H3/t15-,16+,21-/m0/s1. The molecule has 0 spiro atoms. The third kappa shape index (κ3) is 5.55. The molecule has 11 heteroatoms. The molecule has 0 fully saturated rings. The first-order valence-electron chi connectivity index (χ1n) is 10.4. The van der Waals surface area contributed by atoms with Crippen molar-refractivity contribution >= 4 is 20.0 Å². The summed E-state index contributed by atoms with van der Waals surface area (Å²) in [6.07, 6.45) is 0.413. The molecule has 3 atom stereocenters. The van der Waals surface area contributed by atoms with Crippen molar-refractivity contribution in [3.05, 3.63) is 48.3 Å². The van der Waals surface area contributed by atoms with Crippen LogP contribution < -0.4 is 4.74 Å². The molecular formula is C22H29FN2O6S2. The van der Waals surface area contributed by atoms with Gasteiger partial charge in [-0.3, -0.25) is 0 Å². The number of sulfonamides is 2. The van der Waals surface area contributed by atoms with Crippen LogP contribution in [0.2, 0.25) is 0 Å². The van der Waals surface area contributed by atoms with Crippen LogP contribution in [0.3, 0.4) is 0 Å². The highest BCUT2D eigenvalue weighted by atomic mass is 32.2. The van der Waals surface area contributed by atoms with Crippen molar-refractivity contribution in [3.8, 4) is 16.9 Å². The van der Waals surface area contributed by atoms with Gasteiger partial charge in [-0.25, -0.2) is 25.5 Å². The van der Waals surface area contributed by atoms with Crippen molar-refractivity contribution in [2.75, 3.05) is 33.0 Å². The predicted octanol–water partition coefficient (Wildman–Crippen LogP) is 2.15. The van der Waals surface area contributed by atoms with Gasteiger partial charge in [0.2, 0.25) is 20.0 Å². The van der Waals surface area contributed by atoms with Crippen LogP contribution in [0, 0.1) is 11.7 Å². The lowest BCUT2D eigenvalue weighted by Crippen LogP contribution is -2.50. The molecule has 0 aromatic heterocycles. The molecule has 3 rings (SSSR count). The highest BCUT2D eigenvalue weighted by Crippen LogP contribution is 2.36. The van der Waals surface area contributed by atoms with E-state index in [2.05, 4.69) is 0 Å². The van der Waals surface area contributed by atoms with Gasteiger partial charge < -0.3 is 9.84 Å². The summed E-state index contributed by atoms with van der Waals surface area (Å²) in [7, 11) is -6.10. The van der Waals surface area contributed by atoms with Gasteiger partial charge in [0.15, 0.2) is 0 Å². The van der Waals surface area contributed by atoms with E-state index in [1.54, 1.807) is 32.0 Å². The Kier molecular flexibility index (Phi) is 7.49. The zero-order chi connectivity index (χ0) is 24.6. The number of rotatable bonds is 6. The summed E-state index contributed by atoms with van der Waals surface area (Å²) < 4.78 is 73.2. The number of likely N-dealkylation sites (N-methyl/N-ethyl adjacent to an activating group) is 1. The van der Waals surface area contributed by atoms with Gasteiger partial charge in [-0.1, -0.05) is 25.1 Å². The van der Waals surface area contributed by atoms with Crippen molar-refractivity contribution in [2.45, 2.75) is 30.9 Å². The van der Waals surface area contributed by atoms with Gasteiger partial charge in [0, 0.05) is 25.6 Å². The molecule has 8 nitrogen and oxygen atoms in total. The molecule has 0 radical (unpaired) electrons. The van der Waals surface area contributed by atoms with Gasteiger partial charge in [0.05, 0.1) is 19.4 Å². The summed E-state index contributed by atoms with van der Waals surface area (Å²) in [6.45, 7) is 3.04. The summed E-state index contributed by atoms with van der Waals surface area (Å²) in [5, 5.41) is 9.69. The second-order valence-electron chi connectivity index (χ2n) is 8.46. The minimum absolute atomic E-state index is 0.00499. The van der Waals surface area contributed by atoms with Gasteiger partial charge in [0.25, 0.3) is 0 Å². The molecule has 1 heterocycles. The maximum absolute atomic E-state index is 13.8. The van der Waals surface area contributed by atoms with E-state index in [0.717, 1.165) is 10.6 Å². The molecule has 1 aliphatic heterocycles. The number of hydrogen-bond acceptors (Lipinski definition) is 6. The van der Waals surface area contributed by atoms with E-state index in [1.165, 1.54) is 35.6 Å². The fraction of sp³-hybridized carbons (Fsp3) is 0.455. The molecule has 0 aliphatic carbocycles. The largest absolute Gasteiger partial charge is 0.487 e. The number of ether oxygens (including phenoxy) is 1. The molecule has 182 valence electrons. The van der Waals surface area contributed by atoms with Crippen molar-refractivity contribution in [1.82, 2.24) is 8.61 Å². The Morgan fingerprint density at radius 1 is 1.24 bits per heavy atom. The van der Waals surface area contributed by atoms with E-state index in [0.29, 0.717) is 11.1 Å². The Hall–Kier alpha value is -2.05. The van der Waals surface area contributed by atoms with Gasteiger partial charge in [-0.05, 0) is 42.3 Å². The van der Waals surface area contributed by atoms with E-state index < -0.39 is 43.9 Å². The average molecular weight is 501 g/mol. The number of aliphatic hydroxyl groups excluding tert-OH is 1. The molecule has 2 aromatic rings. The first-order chi connectivity index (χ1) is 15.3. The zero-order valence-electron chi connectivity index (χ0n) is 19.0. The topological polar surface area (TPSA) is 104 Å². The van der Waals surface area contributed by atoms with E-state index in [-0.39, 0.29) is 30.3 Å². The van der Waals surface area contributed by atoms with Gasteiger partial charge in [0.1, 0.15) is 22.6 Å². The van der Waals surface area contributed by atoms with Crippen LogP contribution in [-0.2, 0) is 20.0 Å². The number of nitrogens with zero attached hydrogens (tertiary/aromatic N) is 2. The monoisotopic (exact) mass is 500 g/mol. The molecule has 0 unspecified atom stereocenters. The molecule has 0 saturated heterocycles. The number of aliphatic hydroxyl groups is 1. The highest BCUT2D eigenvalue weighted by Gasteiger charge is 2.38. The Bertz CT molecular complexity index is 1220. The lowest BCUT2D eigenvalue weighted by Gasteiger charge is -2.37. The first-order valence-corrected chi connectivity index (χ1v) is 13.7. The zero-order valence-corrected chi connectivity index (χ0v) is 20.6. The number of benzene rings is 2. The molecule has 0 bridgehead atoms. The third-order valence-corrected chi connectivity index (χ3v) is 9.13. The minimum Gasteiger partial charge on any atom is -0.487 e. The summed E-state index contributed by atoms with van der Waals surface area (Å²) >= 11 is 0. The van der Waals surface area contributed by atoms with E-state index >= 15 is 0 Å². The smallest absolute Gasteiger partial charge is 0.247 e. The molecule has 0 amide bonds. The van der Waals surface area contributed by atoms with Crippen molar-refractivity contribution in [3.63, 3.8) is 0 Å². The van der Waals surface area contributed by atoms with Crippen LogP contribution >= 0.6 is 0 Å². The number of hydrogen-bond donors (Lipinski definition) is 1. The number of fused-ring (bicyclic) bond motifs is 1. The Morgan fingerprint density at radius 3 is 2.52 bits per heavy atom. The second-order valence-corrected chi connectivity index (χ2v) is 12.4. The molecule has 0 saturated carbocycles. The maximum atomic E-state index is 13.8. The van der Waals surface area contributed by atoms with Crippen LogP contribution in [0.1, 0.15) is 13.8 Å². The SMILES string of the molecule is C[C@H](CO)N1C[C@H](C)[C@H](CN(C)S(C)(=O)=O)Oc2cc(-c3cccc(F)c3)ccc2S1(=O)=O. The lowest BCUT2D eigenvalue weighted by atomic mass is 10.0. The average Bonchev–Trinajstić information content (AvgIpc) is 2.74. The lowest BCUT2D eigenvalue weighted by molar-refractivity contribution is 0.0906. The van der Waals surface area contributed by atoms with E-state index in [1.807, 2.05) is 0 Å². The van der Waals surface area contributed by atoms with Crippen LogP contribution in [-0.4, -0.2) is 75.7 Å². The molecular weight excluding hydrogens is 471 g/mol. The molecule has 33 heavy (non-hydrogen) atoms. The quantitative estimate of drug-likeness (QED) is 0.652. The van der Waals surface area contributed by atoms with Gasteiger partial charge in [-0.15, -0.1) is 0 Å². The summed E-state index contributed by atoms with van der Waals surface area (Å²) in [6, 6.07) is 9.68. The summed E-state index contributed by atoms with van der Waals surface area (Å²) in [5.74, 6) is -0.786. The Morgan fingerprint density at radius 2 is 1.91 bits per heavy atom. The fourth-order valence-corrected chi connectivity index (χ4v) is 5.92. The number of halogens is 1. The van der Waals surface area contributed by atoms with Gasteiger partial charge in [-0.2, -0.15) is 4.31 Å². The Labute approximate surface area is 194 Å². The van der Waals surface area contributed by atoms with Crippen LogP contribution in [0.4, 0.5) is 4.39 Å². The van der Waals surface area contributed by atoms with E-state index in [4.69, 9.17) is 4.74 Å². The molecule has 1 aliphatic rings. The van der Waals surface area contributed by atoms with Crippen molar-refractivity contribution in [2.24, 2.45) is 5.92 Å². The maximum Gasteiger partial charge on any atom is 0.247 e. The van der Waals surface area contributed by atoms with Crippen LogP contribution in [0.15, 0.2) is 47.4 Å². The molecule has 2 aromatic carbocycles. The van der Waals surface area contributed by atoms with E-state index in [9.17, 15) is 26.3 Å². The summed E-state index contributed by atoms with van der Waals surface area (Å²) in [4.78, 5) is -0.0955. The van der Waals surface area contributed by atoms with Crippen LogP contribution in [0.5, 0.6) is 5.75 Å². The minimum atomic E-state index is -4.03. The Balaban J connectivity index is 2.15. The van der Waals surface area contributed by atoms with Crippen molar-refractivity contribution < 1.29 is 31.1 Å². The summed E-state index contributed by atoms with van der Waals surface area (Å²) in [5.41, 5.74) is 1.09. The molecule has 1 N–H and O–H groups in total. The normalized spacial score (nSPS) is 22.2. The van der Waals surface area contributed by atoms with Crippen LogP contribution in [0.25, 0.3) is 11.1 Å². The fourth-order valence-electron chi connectivity index (χ4n) is 3.68. The van der Waals surface area contributed by atoms with Gasteiger partial charge >= 0.3 is 0 Å². The third-order valence-electron chi connectivity index (χ3n) is 5.83. The van der Waals surface area contributed by atoms with Crippen molar-refractivity contribution in [1.29, 1.82) is 0 Å². The predicted molar refractivity (Wildman–Crippen MR) is 123 cm³/mol. The second kappa shape index (κ2) is 9.67. The highest BCUT2D eigenvalue weighted by molar-refractivity contribution is 7.89.